The summed E-state index contributed by atoms with van der Waals surface area (Å²) in [6.07, 6.45) is -1.23. The molecule has 0 spiro atoms. The van der Waals surface area contributed by atoms with Gasteiger partial charge in [0.05, 0.1) is 25.4 Å². The van der Waals surface area contributed by atoms with Gasteiger partial charge in [0.1, 0.15) is 6.10 Å². The molecule has 0 aliphatic carbocycles. The maximum absolute atomic E-state index is 8.99. The van der Waals surface area contributed by atoms with Crippen LogP contribution in [0.15, 0.2) is 0 Å². The molecule has 5 nitrogen and oxygen atoms in total. The Hall–Kier alpha value is -0.200. The van der Waals surface area contributed by atoms with Crippen LogP contribution in [-0.4, -0.2) is 59.9 Å². The van der Waals surface area contributed by atoms with Crippen molar-refractivity contribution in [2.45, 2.75) is 32.2 Å². The Balaban J connectivity index is 3.32. The standard InChI is InChI=1S/C9H21NO4/c1-7(12)3-10-4-8(2)14-6-9(13)5-11/h7-13H,3-6H2,1-2H3. The molecule has 0 heterocycles. The number of aliphatic hydroxyl groups is 3. The highest BCUT2D eigenvalue weighted by molar-refractivity contribution is 4.59. The summed E-state index contributed by atoms with van der Waals surface area (Å²) in [5.74, 6) is 0. The quantitative estimate of drug-likeness (QED) is 0.398. The monoisotopic (exact) mass is 207 g/mol. The first kappa shape index (κ1) is 13.8. The van der Waals surface area contributed by atoms with Crippen molar-refractivity contribution in [2.75, 3.05) is 26.3 Å². The van der Waals surface area contributed by atoms with Crippen LogP contribution in [-0.2, 0) is 4.74 Å². The molecule has 14 heavy (non-hydrogen) atoms. The topological polar surface area (TPSA) is 82.0 Å². The molecule has 0 aliphatic rings. The first-order valence-electron chi connectivity index (χ1n) is 4.85. The first-order valence-corrected chi connectivity index (χ1v) is 4.85. The summed E-state index contributed by atoms with van der Waals surface area (Å²) in [4.78, 5) is 0. The van der Waals surface area contributed by atoms with Gasteiger partial charge in [-0.25, -0.2) is 0 Å². The Morgan fingerprint density at radius 3 is 2.36 bits per heavy atom. The number of ether oxygens (including phenoxy) is 1. The molecule has 0 saturated carbocycles. The van der Waals surface area contributed by atoms with Crippen LogP contribution in [0.1, 0.15) is 13.8 Å². The number of hydrogen-bond donors (Lipinski definition) is 4. The van der Waals surface area contributed by atoms with E-state index in [-0.39, 0.29) is 25.4 Å². The van der Waals surface area contributed by atoms with E-state index in [2.05, 4.69) is 5.32 Å². The zero-order valence-corrected chi connectivity index (χ0v) is 8.81. The van der Waals surface area contributed by atoms with Crippen LogP contribution in [0.2, 0.25) is 0 Å². The average molecular weight is 207 g/mol. The second kappa shape index (κ2) is 8.14. The van der Waals surface area contributed by atoms with Crippen LogP contribution in [0.5, 0.6) is 0 Å². The lowest BCUT2D eigenvalue weighted by atomic mass is 10.3. The van der Waals surface area contributed by atoms with Crippen LogP contribution in [0, 0.1) is 0 Å². The highest BCUT2D eigenvalue weighted by atomic mass is 16.5. The van der Waals surface area contributed by atoms with Gasteiger partial charge in [0.2, 0.25) is 0 Å². The molecule has 0 aromatic rings. The summed E-state index contributed by atoms with van der Waals surface area (Å²) < 4.78 is 5.22. The largest absolute Gasteiger partial charge is 0.394 e. The van der Waals surface area contributed by atoms with E-state index in [4.69, 9.17) is 20.1 Å². The summed E-state index contributed by atoms with van der Waals surface area (Å²) >= 11 is 0. The zero-order valence-electron chi connectivity index (χ0n) is 8.81. The molecule has 3 atom stereocenters. The lowest BCUT2D eigenvalue weighted by molar-refractivity contribution is -0.0223. The lowest BCUT2D eigenvalue weighted by Crippen LogP contribution is -2.33. The second-order valence-electron chi connectivity index (χ2n) is 3.49. The van der Waals surface area contributed by atoms with E-state index < -0.39 is 6.10 Å². The molecule has 0 rings (SSSR count). The van der Waals surface area contributed by atoms with Crippen LogP contribution in [0.3, 0.4) is 0 Å². The van der Waals surface area contributed by atoms with Crippen molar-refractivity contribution in [3.05, 3.63) is 0 Å². The minimum Gasteiger partial charge on any atom is -0.394 e. The van der Waals surface area contributed by atoms with Crippen molar-refractivity contribution in [2.24, 2.45) is 0 Å². The van der Waals surface area contributed by atoms with Gasteiger partial charge >= 0.3 is 0 Å². The third kappa shape index (κ3) is 8.40. The van der Waals surface area contributed by atoms with Crippen molar-refractivity contribution in [3.8, 4) is 0 Å². The Bertz CT molecular complexity index is 132. The molecule has 0 aliphatic heterocycles. The number of aliphatic hydroxyl groups excluding tert-OH is 3. The molecule has 0 saturated heterocycles. The number of rotatable bonds is 8. The van der Waals surface area contributed by atoms with E-state index >= 15 is 0 Å². The number of nitrogens with one attached hydrogen (secondary N) is 1. The highest BCUT2D eigenvalue weighted by Gasteiger charge is 2.06. The maximum atomic E-state index is 8.99. The Kier molecular flexibility index (Phi) is 8.02. The van der Waals surface area contributed by atoms with Crippen molar-refractivity contribution in [3.63, 3.8) is 0 Å². The van der Waals surface area contributed by atoms with E-state index in [0.717, 1.165) is 0 Å². The SMILES string of the molecule is CC(O)CNCC(C)OCC(O)CO. The third-order valence-electron chi connectivity index (χ3n) is 1.66. The van der Waals surface area contributed by atoms with E-state index in [9.17, 15) is 0 Å². The van der Waals surface area contributed by atoms with Gasteiger partial charge in [-0.05, 0) is 13.8 Å². The molecule has 4 N–H and O–H groups in total. The fourth-order valence-corrected chi connectivity index (χ4v) is 0.882. The highest BCUT2D eigenvalue weighted by Crippen LogP contribution is 1.91. The van der Waals surface area contributed by atoms with E-state index in [1.54, 1.807) is 6.92 Å². The zero-order chi connectivity index (χ0) is 11.0. The minimum absolute atomic E-state index is 0.0463. The van der Waals surface area contributed by atoms with E-state index in [1.807, 2.05) is 6.92 Å². The fourth-order valence-electron chi connectivity index (χ4n) is 0.882. The fraction of sp³-hybridized carbons (Fsp3) is 1.00. The maximum Gasteiger partial charge on any atom is 0.100 e. The first-order chi connectivity index (χ1) is 6.56. The van der Waals surface area contributed by atoms with Crippen molar-refractivity contribution in [1.29, 1.82) is 0 Å². The number of hydrogen-bond acceptors (Lipinski definition) is 5. The predicted molar refractivity (Wildman–Crippen MR) is 53.1 cm³/mol. The molecule has 5 heteroatoms. The van der Waals surface area contributed by atoms with Crippen molar-refractivity contribution in [1.82, 2.24) is 5.32 Å². The van der Waals surface area contributed by atoms with Gasteiger partial charge in [-0.1, -0.05) is 0 Å². The van der Waals surface area contributed by atoms with Crippen LogP contribution in [0.25, 0.3) is 0 Å². The molecular weight excluding hydrogens is 186 g/mol. The minimum atomic E-state index is -0.811. The molecule has 0 aromatic heterocycles. The van der Waals surface area contributed by atoms with Gasteiger partial charge in [-0.2, -0.15) is 0 Å². The van der Waals surface area contributed by atoms with E-state index in [0.29, 0.717) is 13.1 Å². The lowest BCUT2D eigenvalue weighted by Gasteiger charge is -2.16. The third-order valence-corrected chi connectivity index (χ3v) is 1.66. The van der Waals surface area contributed by atoms with Crippen molar-refractivity contribution >= 4 is 0 Å². The molecule has 0 bridgehead atoms. The smallest absolute Gasteiger partial charge is 0.100 e. The van der Waals surface area contributed by atoms with Crippen LogP contribution >= 0.6 is 0 Å². The molecule has 3 unspecified atom stereocenters. The van der Waals surface area contributed by atoms with Gasteiger partial charge in [-0.15, -0.1) is 0 Å². The molecule has 86 valence electrons. The van der Waals surface area contributed by atoms with Crippen LogP contribution < -0.4 is 5.32 Å². The molecular formula is C9H21NO4. The molecule has 0 fully saturated rings. The van der Waals surface area contributed by atoms with E-state index in [1.165, 1.54) is 0 Å². The molecule has 0 radical (unpaired) electrons. The molecule has 0 amide bonds. The summed E-state index contributed by atoms with van der Waals surface area (Å²) in [6.45, 7) is 4.55. The van der Waals surface area contributed by atoms with Gasteiger partial charge in [0.15, 0.2) is 0 Å². The normalized spacial score (nSPS) is 17.8. The van der Waals surface area contributed by atoms with Gasteiger partial charge in [0, 0.05) is 13.1 Å². The molecule has 0 aromatic carbocycles. The van der Waals surface area contributed by atoms with Crippen LogP contribution in [0.4, 0.5) is 0 Å². The summed E-state index contributed by atoms with van der Waals surface area (Å²) in [5.41, 5.74) is 0. The second-order valence-corrected chi connectivity index (χ2v) is 3.49. The van der Waals surface area contributed by atoms with Gasteiger partial charge < -0.3 is 25.4 Å². The summed E-state index contributed by atoms with van der Waals surface area (Å²) in [5, 5.41) is 29.5. The van der Waals surface area contributed by atoms with Gasteiger partial charge in [-0.3, -0.25) is 0 Å². The average Bonchev–Trinajstić information content (AvgIpc) is 2.13. The Morgan fingerprint density at radius 2 is 1.86 bits per heavy atom. The Morgan fingerprint density at radius 1 is 1.21 bits per heavy atom. The summed E-state index contributed by atoms with van der Waals surface area (Å²) in [6, 6.07) is 0. The van der Waals surface area contributed by atoms with Crippen molar-refractivity contribution < 1.29 is 20.1 Å². The Labute approximate surface area is 84.7 Å². The summed E-state index contributed by atoms with van der Waals surface area (Å²) in [7, 11) is 0. The van der Waals surface area contributed by atoms with Gasteiger partial charge in [0.25, 0.3) is 0 Å². The predicted octanol–water partition coefficient (Wildman–Crippen LogP) is -1.28.